The van der Waals surface area contributed by atoms with E-state index in [0.717, 1.165) is 29.0 Å². The number of nitrogens with one attached hydrogen (secondary N) is 1. The number of amides is 2. The van der Waals surface area contributed by atoms with E-state index in [2.05, 4.69) is 10.3 Å². The summed E-state index contributed by atoms with van der Waals surface area (Å²) in [4.78, 5) is 43.8. The maximum Gasteiger partial charge on any atom is 0.328 e. The lowest BCUT2D eigenvalue weighted by molar-refractivity contribution is -0.146. The molecule has 1 aliphatic heterocycles. The molecule has 1 N–H and O–H groups in total. The molecule has 4 rings (SSSR count). The zero-order chi connectivity index (χ0) is 25.5. The van der Waals surface area contributed by atoms with E-state index >= 15 is 0 Å². The Balaban J connectivity index is 1.23. The van der Waals surface area contributed by atoms with Gasteiger partial charge in [-0.15, -0.1) is 11.3 Å². The number of likely N-dealkylation sites (tertiary alicyclic amines) is 1. The number of benzene rings is 2. The summed E-state index contributed by atoms with van der Waals surface area (Å²) < 4.78 is 18.4. The average Bonchev–Trinajstić information content (AvgIpc) is 3.40. The number of carbonyl (C=O) groups is 3. The Morgan fingerprint density at radius 2 is 1.78 bits per heavy atom. The molecule has 1 atom stereocenters. The zero-order valence-electron chi connectivity index (χ0n) is 20.0. The summed E-state index contributed by atoms with van der Waals surface area (Å²) >= 11 is 1.41. The summed E-state index contributed by atoms with van der Waals surface area (Å²) in [5.74, 6) is -1.07. The van der Waals surface area contributed by atoms with Crippen molar-refractivity contribution in [2.75, 3.05) is 13.1 Å². The van der Waals surface area contributed by atoms with Crippen LogP contribution in [0.3, 0.4) is 0 Å². The number of ether oxygens (including phenoxy) is 1. The molecule has 188 valence electrons. The van der Waals surface area contributed by atoms with Gasteiger partial charge in [-0.1, -0.05) is 42.5 Å². The Bertz CT molecular complexity index is 1190. The predicted octanol–water partition coefficient (Wildman–Crippen LogP) is 4.09. The summed E-state index contributed by atoms with van der Waals surface area (Å²) in [6.07, 6.45) is 1.76. The van der Waals surface area contributed by atoms with E-state index in [9.17, 15) is 18.8 Å². The SMILES string of the molecule is CC(NC(=O)c1csc(C2CCN(C(=O)Cc3ccc(F)cc3)CC2)n1)C(=O)OCc1ccccc1. The molecule has 7 nitrogen and oxygen atoms in total. The van der Waals surface area contributed by atoms with Crippen molar-refractivity contribution < 1.29 is 23.5 Å². The molecule has 0 saturated carbocycles. The molecule has 1 saturated heterocycles. The summed E-state index contributed by atoms with van der Waals surface area (Å²) in [6.45, 7) is 2.94. The van der Waals surface area contributed by atoms with Crippen LogP contribution in [0.5, 0.6) is 0 Å². The number of piperidine rings is 1. The Morgan fingerprint density at radius 3 is 2.47 bits per heavy atom. The number of hydrogen-bond donors (Lipinski definition) is 1. The summed E-state index contributed by atoms with van der Waals surface area (Å²) in [7, 11) is 0. The molecule has 2 aromatic carbocycles. The summed E-state index contributed by atoms with van der Waals surface area (Å²) in [6, 6.07) is 14.5. The summed E-state index contributed by atoms with van der Waals surface area (Å²) in [5, 5.41) is 5.20. The fourth-order valence-electron chi connectivity index (χ4n) is 4.03. The highest BCUT2D eigenvalue weighted by Crippen LogP contribution is 2.30. The van der Waals surface area contributed by atoms with Crippen LogP contribution in [0.2, 0.25) is 0 Å². The van der Waals surface area contributed by atoms with E-state index in [1.807, 2.05) is 35.2 Å². The Morgan fingerprint density at radius 1 is 1.08 bits per heavy atom. The molecule has 2 heterocycles. The van der Waals surface area contributed by atoms with Crippen molar-refractivity contribution >= 4 is 29.1 Å². The highest BCUT2D eigenvalue weighted by atomic mass is 32.1. The van der Waals surface area contributed by atoms with Crippen molar-refractivity contribution in [1.29, 1.82) is 0 Å². The van der Waals surface area contributed by atoms with Gasteiger partial charge in [-0.25, -0.2) is 14.2 Å². The monoisotopic (exact) mass is 509 g/mol. The smallest absolute Gasteiger partial charge is 0.328 e. The van der Waals surface area contributed by atoms with Crippen LogP contribution in [0.15, 0.2) is 60.0 Å². The van der Waals surface area contributed by atoms with Crippen molar-refractivity contribution in [3.8, 4) is 0 Å². The number of aromatic nitrogens is 1. The zero-order valence-corrected chi connectivity index (χ0v) is 20.8. The maximum atomic E-state index is 13.1. The van der Waals surface area contributed by atoms with Gasteiger partial charge < -0.3 is 15.0 Å². The minimum absolute atomic E-state index is 0.0207. The average molecular weight is 510 g/mol. The van der Waals surface area contributed by atoms with Crippen LogP contribution >= 0.6 is 11.3 Å². The molecular weight excluding hydrogens is 481 g/mol. The van der Waals surface area contributed by atoms with Gasteiger partial charge in [0, 0.05) is 24.4 Å². The van der Waals surface area contributed by atoms with Gasteiger partial charge in [0.1, 0.15) is 24.2 Å². The topological polar surface area (TPSA) is 88.6 Å². The fourth-order valence-corrected chi connectivity index (χ4v) is 5.00. The first-order valence-electron chi connectivity index (χ1n) is 11.9. The van der Waals surface area contributed by atoms with Crippen LogP contribution in [0.4, 0.5) is 4.39 Å². The second-order valence-corrected chi connectivity index (χ2v) is 9.71. The number of thiazole rings is 1. The van der Waals surface area contributed by atoms with E-state index < -0.39 is 17.9 Å². The van der Waals surface area contributed by atoms with E-state index in [1.165, 1.54) is 23.5 Å². The molecular formula is C27H28FN3O4S. The van der Waals surface area contributed by atoms with Gasteiger partial charge in [0.2, 0.25) is 5.91 Å². The first kappa shape index (κ1) is 25.5. The fraction of sp³-hybridized carbons (Fsp3) is 0.333. The molecule has 0 spiro atoms. The lowest BCUT2D eigenvalue weighted by atomic mass is 9.97. The molecule has 1 aliphatic rings. The third-order valence-electron chi connectivity index (χ3n) is 6.15. The standard InChI is InChI=1S/C27H28FN3O4S/c1-18(27(34)35-16-20-5-3-2-4-6-20)29-25(33)23-17-36-26(30-23)21-11-13-31(14-12-21)24(32)15-19-7-9-22(28)10-8-19/h2-10,17-18,21H,11-16H2,1H3,(H,29,33). The van der Waals surface area contributed by atoms with Crippen LogP contribution in [0.1, 0.15) is 52.3 Å². The van der Waals surface area contributed by atoms with Crippen molar-refractivity contribution in [2.45, 2.75) is 44.8 Å². The first-order chi connectivity index (χ1) is 17.4. The Kier molecular flexibility index (Phi) is 8.43. The Hall–Kier alpha value is -3.59. The quantitative estimate of drug-likeness (QED) is 0.462. The number of carbonyl (C=O) groups excluding carboxylic acids is 3. The van der Waals surface area contributed by atoms with Crippen LogP contribution in [-0.4, -0.2) is 46.8 Å². The maximum absolute atomic E-state index is 13.1. The van der Waals surface area contributed by atoms with Crippen molar-refractivity contribution in [2.24, 2.45) is 0 Å². The van der Waals surface area contributed by atoms with E-state index in [0.29, 0.717) is 13.1 Å². The molecule has 1 unspecified atom stereocenters. The van der Waals surface area contributed by atoms with Gasteiger partial charge in [0.05, 0.1) is 11.4 Å². The van der Waals surface area contributed by atoms with E-state index in [1.54, 1.807) is 24.4 Å². The van der Waals surface area contributed by atoms with Crippen molar-refractivity contribution in [1.82, 2.24) is 15.2 Å². The molecule has 2 amide bonds. The highest BCUT2D eigenvalue weighted by molar-refractivity contribution is 7.09. The minimum Gasteiger partial charge on any atom is -0.459 e. The molecule has 0 aliphatic carbocycles. The molecule has 9 heteroatoms. The molecule has 3 aromatic rings. The predicted molar refractivity (Wildman–Crippen MR) is 134 cm³/mol. The molecule has 0 bridgehead atoms. The van der Waals surface area contributed by atoms with Crippen LogP contribution in [-0.2, 0) is 27.4 Å². The summed E-state index contributed by atoms with van der Waals surface area (Å²) in [5.41, 5.74) is 1.93. The lowest BCUT2D eigenvalue weighted by Gasteiger charge is -2.31. The number of hydrogen-bond acceptors (Lipinski definition) is 6. The highest BCUT2D eigenvalue weighted by Gasteiger charge is 2.27. The van der Waals surface area contributed by atoms with Crippen molar-refractivity contribution in [3.63, 3.8) is 0 Å². The van der Waals surface area contributed by atoms with Crippen LogP contribution in [0, 0.1) is 5.82 Å². The lowest BCUT2D eigenvalue weighted by Crippen LogP contribution is -2.39. The second kappa shape index (κ2) is 11.9. The van der Waals surface area contributed by atoms with Gasteiger partial charge in [-0.2, -0.15) is 0 Å². The Labute approximate surface area is 213 Å². The van der Waals surface area contributed by atoms with Gasteiger partial charge in [-0.05, 0) is 43.0 Å². The van der Waals surface area contributed by atoms with E-state index in [4.69, 9.17) is 4.74 Å². The van der Waals surface area contributed by atoms with Crippen LogP contribution < -0.4 is 5.32 Å². The third-order valence-corrected chi connectivity index (χ3v) is 7.15. The third kappa shape index (κ3) is 6.75. The molecule has 36 heavy (non-hydrogen) atoms. The number of halogens is 1. The molecule has 1 fully saturated rings. The first-order valence-corrected chi connectivity index (χ1v) is 12.8. The number of nitrogens with zero attached hydrogens (tertiary/aromatic N) is 2. The van der Waals surface area contributed by atoms with Gasteiger partial charge in [0.25, 0.3) is 5.91 Å². The van der Waals surface area contributed by atoms with Gasteiger partial charge >= 0.3 is 5.97 Å². The number of rotatable bonds is 8. The largest absolute Gasteiger partial charge is 0.459 e. The van der Waals surface area contributed by atoms with E-state index in [-0.39, 0.29) is 36.4 Å². The molecule has 1 aromatic heterocycles. The second-order valence-electron chi connectivity index (χ2n) is 8.82. The number of esters is 1. The van der Waals surface area contributed by atoms with Crippen molar-refractivity contribution in [3.05, 3.63) is 87.6 Å². The van der Waals surface area contributed by atoms with Crippen LogP contribution in [0.25, 0.3) is 0 Å². The minimum atomic E-state index is -0.804. The normalized spacial score (nSPS) is 14.8. The van der Waals surface area contributed by atoms with Gasteiger partial charge in [0.15, 0.2) is 0 Å². The van der Waals surface area contributed by atoms with Gasteiger partial charge in [-0.3, -0.25) is 9.59 Å². The molecule has 0 radical (unpaired) electrons.